The molecule has 3 aromatic rings. The fourth-order valence-electron chi connectivity index (χ4n) is 2.75. The third-order valence-electron chi connectivity index (χ3n) is 4.23. The Kier molecular flexibility index (Phi) is 10.5. The quantitative estimate of drug-likeness (QED) is 0.309. The molecule has 0 aromatic heterocycles. The van der Waals surface area contributed by atoms with Gasteiger partial charge < -0.3 is 7.96 Å². The van der Waals surface area contributed by atoms with E-state index in [2.05, 4.69) is 0 Å². The van der Waals surface area contributed by atoms with E-state index >= 15 is 0 Å². The summed E-state index contributed by atoms with van der Waals surface area (Å²) in [5.41, 5.74) is 0.551. The van der Waals surface area contributed by atoms with Crippen LogP contribution in [0.1, 0.15) is 8.42 Å². The average molecular weight is 466 g/mol. The monoisotopic (exact) mass is 465 g/mol. The maximum Gasteiger partial charge on any atom is 1.00 e. The molecule has 0 bridgehead atoms. The van der Waals surface area contributed by atoms with Crippen LogP contribution in [0.3, 0.4) is 0 Å². The van der Waals surface area contributed by atoms with E-state index in [1.54, 1.807) is 42.5 Å². The topological polar surface area (TPSA) is 101 Å². The summed E-state index contributed by atoms with van der Waals surface area (Å²) in [6.45, 7) is 0. The van der Waals surface area contributed by atoms with Crippen molar-refractivity contribution in [2.24, 2.45) is 5.92 Å². The second-order valence-electron chi connectivity index (χ2n) is 6.20. The molecule has 2 N–H and O–H groups in total. The van der Waals surface area contributed by atoms with Crippen molar-refractivity contribution in [1.29, 1.82) is 0 Å². The molecule has 0 aliphatic rings. The number of halogens is 1. The number of rotatable bonds is 6. The van der Waals surface area contributed by atoms with E-state index < -0.39 is 27.8 Å². The minimum atomic E-state index is -4.21. The number of amides is 1. The van der Waals surface area contributed by atoms with Crippen molar-refractivity contribution in [1.82, 2.24) is 4.72 Å². The smallest absolute Gasteiger partial charge is 1.00 e. The molecule has 10 heteroatoms. The van der Waals surface area contributed by atoms with Crippen molar-refractivity contribution < 1.29 is 85.1 Å². The zero-order chi connectivity index (χ0) is 20.3. The summed E-state index contributed by atoms with van der Waals surface area (Å²) in [6, 6.07) is 17.9. The van der Waals surface area contributed by atoms with Gasteiger partial charge in [-0.2, -0.15) is 0 Å². The Bertz CT molecular complexity index is 1160. The van der Waals surface area contributed by atoms with Gasteiger partial charge in [0.05, 0.1) is 4.90 Å². The molecule has 3 rings (SSSR count). The van der Waals surface area contributed by atoms with E-state index in [-0.39, 0.29) is 73.3 Å². The molecule has 0 fully saturated rings. The summed E-state index contributed by atoms with van der Waals surface area (Å²) >= 11 is 5.79. The van der Waals surface area contributed by atoms with Crippen LogP contribution < -0.4 is 63.8 Å². The second-order valence-corrected chi connectivity index (χ2v) is 8.32. The maximum absolute atomic E-state index is 12.6. The number of hydrogen-bond donors (Lipinski definition) is 2. The van der Waals surface area contributed by atoms with E-state index in [4.69, 9.17) is 11.6 Å². The van der Waals surface area contributed by atoms with Crippen LogP contribution in [0.5, 0.6) is 0 Å². The molecular formula is C20H18ClNNa2O5S. The Labute approximate surface area is 226 Å². The van der Waals surface area contributed by atoms with Crippen molar-refractivity contribution >= 4 is 44.3 Å². The van der Waals surface area contributed by atoms with Crippen molar-refractivity contribution in [3.8, 4) is 0 Å². The Hall–Kier alpha value is -0.900. The van der Waals surface area contributed by atoms with Crippen LogP contribution in [-0.2, 0) is 26.0 Å². The largest absolute Gasteiger partial charge is 1.00 e. The third kappa shape index (κ3) is 6.80. The Morgan fingerprint density at radius 1 is 0.967 bits per heavy atom. The molecule has 0 aliphatic carbocycles. The van der Waals surface area contributed by atoms with Gasteiger partial charge in [-0.3, -0.25) is 9.59 Å². The fourth-order valence-corrected chi connectivity index (χ4v) is 3.93. The first kappa shape index (κ1) is 27.1. The van der Waals surface area contributed by atoms with E-state index in [1.807, 2.05) is 16.9 Å². The van der Waals surface area contributed by atoms with Crippen LogP contribution in [0.2, 0.25) is 5.02 Å². The summed E-state index contributed by atoms with van der Waals surface area (Å²) in [5.74, 6) is -4.08. The molecule has 1 atom stereocenters. The number of nitrogens with one attached hydrogen (secondary N) is 1. The van der Waals surface area contributed by atoms with E-state index in [0.717, 1.165) is 5.39 Å². The van der Waals surface area contributed by atoms with Crippen molar-refractivity contribution in [3.63, 3.8) is 0 Å². The molecule has 0 spiro atoms. The molecule has 1 unspecified atom stereocenters. The SMILES string of the molecule is O=C(O)C(Cc1ccc(Cl)cc1)C(=O)NS(=O)(=O)c1ccc2ccccc2c1.[H-].[H-].[Na+].[Na+]. The van der Waals surface area contributed by atoms with Crippen LogP contribution >= 0.6 is 11.6 Å². The summed E-state index contributed by atoms with van der Waals surface area (Å²) in [6.07, 6.45) is -0.161. The normalized spacial score (nSPS) is 11.6. The van der Waals surface area contributed by atoms with E-state index in [9.17, 15) is 23.1 Å². The van der Waals surface area contributed by atoms with Crippen LogP contribution in [0, 0.1) is 5.92 Å². The Balaban J connectivity index is 0. The van der Waals surface area contributed by atoms with Crippen LogP contribution in [-0.4, -0.2) is 25.4 Å². The van der Waals surface area contributed by atoms with Crippen LogP contribution in [0.15, 0.2) is 71.6 Å². The molecule has 148 valence electrons. The second kappa shape index (κ2) is 11.6. The number of carbonyl (C=O) groups excluding carboxylic acids is 1. The van der Waals surface area contributed by atoms with Gasteiger partial charge in [0.25, 0.3) is 10.0 Å². The van der Waals surface area contributed by atoms with Gasteiger partial charge in [-0.05, 0) is 47.0 Å². The number of aliphatic carboxylic acids is 1. The standard InChI is InChI=1S/C20H16ClNO5S.2Na.2H/c21-16-8-5-13(6-9-16)11-18(20(24)25)19(23)22-28(26,27)17-10-7-14-3-1-2-4-15(14)12-17;;;;/h1-10,12,18H,11H2,(H,22,23)(H,24,25);;;;/q;2*+1;2*-1. The number of carboxylic acids is 1. The van der Waals surface area contributed by atoms with Crippen LogP contribution in [0.4, 0.5) is 0 Å². The van der Waals surface area contributed by atoms with Gasteiger partial charge in [0.1, 0.15) is 5.92 Å². The molecule has 3 aromatic carbocycles. The van der Waals surface area contributed by atoms with Crippen molar-refractivity contribution in [3.05, 3.63) is 77.3 Å². The first-order valence-electron chi connectivity index (χ1n) is 8.29. The molecule has 0 radical (unpaired) electrons. The number of benzene rings is 3. The Morgan fingerprint density at radius 2 is 1.57 bits per heavy atom. The number of fused-ring (bicyclic) bond motifs is 1. The van der Waals surface area contributed by atoms with Gasteiger partial charge >= 0.3 is 65.1 Å². The first-order valence-corrected chi connectivity index (χ1v) is 10.1. The Morgan fingerprint density at radius 3 is 2.17 bits per heavy atom. The molecule has 30 heavy (non-hydrogen) atoms. The summed E-state index contributed by atoms with van der Waals surface area (Å²) in [5, 5.41) is 11.4. The van der Waals surface area contributed by atoms with Gasteiger partial charge in [0, 0.05) is 5.02 Å². The maximum atomic E-state index is 12.6. The van der Waals surface area contributed by atoms with Gasteiger partial charge in [-0.1, -0.05) is 54.1 Å². The van der Waals surface area contributed by atoms with E-state index in [0.29, 0.717) is 16.0 Å². The fraction of sp³-hybridized carbons (Fsp3) is 0.100. The average Bonchev–Trinajstić information content (AvgIpc) is 2.66. The van der Waals surface area contributed by atoms with Gasteiger partial charge in [-0.25, -0.2) is 13.1 Å². The number of carbonyl (C=O) groups is 2. The van der Waals surface area contributed by atoms with Gasteiger partial charge in [0.2, 0.25) is 5.91 Å². The van der Waals surface area contributed by atoms with Crippen LogP contribution in [0.25, 0.3) is 10.8 Å². The minimum absolute atomic E-state index is 0. The molecule has 6 nitrogen and oxygen atoms in total. The minimum Gasteiger partial charge on any atom is -1.00 e. The molecule has 0 aliphatic heterocycles. The summed E-state index contributed by atoms with van der Waals surface area (Å²) in [7, 11) is -4.21. The van der Waals surface area contributed by atoms with Crippen molar-refractivity contribution in [2.75, 3.05) is 0 Å². The summed E-state index contributed by atoms with van der Waals surface area (Å²) in [4.78, 5) is 23.8. The van der Waals surface area contributed by atoms with Gasteiger partial charge in [-0.15, -0.1) is 0 Å². The van der Waals surface area contributed by atoms with Gasteiger partial charge in [0.15, 0.2) is 0 Å². The third-order valence-corrected chi connectivity index (χ3v) is 5.83. The number of carboxylic acid groups (broad SMARTS) is 1. The molecule has 0 heterocycles. The predicted octanol–water partition coefficient (Wildman–Crippen LogP) is -2.53. The molecule has 0 saturated carbocycles. The summed E-state index contributed by atoms with van der Waals surface area (Å²) < 4.78 is 27.0. The zero-order valence-electron chi connectivity index (χ0n) is 18.5. The molecule has 1 amide bonds. The predicted molar refractivity (Wildman–Crippen MR) is 108 cm³/mol. The number of hydrogen-bond acceptors (Lipinski definition) is 4. The number of sulfonamides is 1. The van der Waals surface area contributed by atoms with Crippen molar-refractivity contribution in [2.45, 2.75) is 11.3 Å². The molecular weight excluding hydrogens is 448 g/mol. The first-order chi connectivity index (χ1) is 13.3. The van der Waals surface area contributed by atoms with E-state index in [1.165, 1.54) is 12.1 Å². The zero-order valence-corrected chi connectivity index (χ0v) is 22.1. The molecule has 0 saturated heterocycles.